The highest BCUT2D eigenvalue weighted by atomic mass is 35.5. The summed E-state index contributed by atoms with van der Waals surface area (Å²) in [6.45, 7) is 2.60. The number of hydrogen-bond acceptors (Lipinski definition) is 6. The molecule has 0 aliphatic rings. The monoisotopic (exact) mass is 264 g/mol. The molecule has 4 N–H and O–H groups in total. The van der Waals surface area contributed by atoms with E-state index in [4.69, 9.17) is 17.4 Å². The molecule has 2 heterocycles. The molecule has 0 amide bonds. The van der Waals surface area contributed by atoms with Crippen LogP contribution in [0.3, 0.4) is 0 Å². The average molecular weight is 265 g/mol. The van der Waals surface area contributed by atoms with Crippen LogP contribution in [0.5, 0.6) is 0 Å². The van der Waals surface area contributed by atoms with Crippen molar-refractivity contribution < 1.29 is 0 Å². The molecule has 0 unspecified atom stereocenters. The third kappa shape index (κ3) is 2.85. The zero-order valence-corrected chi connectivity index (χ0v) is 10.6. The third-order valence-electron chi connectivity index (χ3n) is 2.46. The van der Waals surface area contributed by atoms with Crippen LogP contribution >= 0.6 is 11.6 Å². The molecule has 2 rings (SSSR count). The number of nitrogen functional groups attached to an aromatic ring is 1. The first-order chi connectivity index (χ1) is 8.70. The summed E-state index contributed by atoms with van der Waals surface area (Å²) < 4.78 is 0. The Kier molecular flexibility index (Phi) is 3.91. The molecule has 0 aliphatic carbocycles. The van der Waals surface area contributed by atoms with E-state index in [9.17, 15) is 0 Å². The molecule has 6 nitrogen and oxygen atoms in total. The van der Waals surface area contributed by atoms with Crippen LogP contribution in [0.1, 0.15) is 11.1 Å². The maximum atomic E-state index is 5.99. The summed E-state index contributed by atoms with van der Waals surface area (Å²) in [5.41, 5.74) is 4.60. The largest absolute Gasteiger partial charge is 0.365 e. The molecule has 18 heavy (non-hydrogen) atoms. The minimum absolute atomic E-state index is 0.313. The van der Waals surface area contributed by atoms with Crippen molar-refractivity contribution in [1.29, 1.82) is 0 Å². The van der Waals surface area contributed by atoms with E-state index in [1.807, 2.05) is 19.2 Å². The molecular formula is C11H13ClN6. The molecule has 94 valence electrons. The number of aryl methyl sites for hydroxylation is 1. The van der Waals surface area contributed by atoms with Crippen LogP contribution in [-0.2, 0) is 6.54 Å². The van der Waals surface area contributed by atoms with Gasteiger partial charge in [-0.3, -0.25) is 10.4 Å². The lowest BCUT2D eigenvalue weighted by Gasteiger charge is -2.09. The van der Waals surface area contributed by atoms with Crippen molar-refractivity contribution in [1.82, 2.24) is 15.0 Å². The summed E-state index contributed by atoms with van der Waals surface area (Å²) in [4.78, 5) is 12.1. The van der Waals surface area contributed by atoms with E-state index >= 15 is 0 Å². The number of nitrogens with one attached hydrogen (secondary N) is 2. The molecule has 0 aromatic carbocycles. The molecule has 0 atom stereocenters. The van der Waals surface area contributed by atoms with Gasteiger partial charge in [0.1, 0.15) is 5.02 Å². The first kappa shape index (κ1) is 12.5. The van der Waals surface area contributed by atoms with Crippen molar-refractivity contribution in [2.75, 3.05) is 10.7 Å². The molecule has 2 aromatic rings. The van der Waals surface area contributed by atoms with Crippen LogP contribution in [0.2, 0.25) is 5.02 Å². The standard InChI is InChI=1S/C11H13ClN6/c1-7-4-14-3-2-8(7)5-15-10-9(12)6-16-11(17-10)18-13/h2-4,6H,5,13H2,1H3,(H2,15,16,17,18). The molecular weight excluding hydrogens is 252 g/mol. The Morgan fingerprint density at radius 1 is 1.39 bits per heavy atom. The molecule has 0 spiro atoms. The van der Waals surface area contributed by atoms with E-state index in [0.717, 1.165) is 11.1 Å². The van der Waals surface area contributed by atoms with Gasteiger partial charge >= 0.3 is 0 Å². The lowest BCUT2D eigenvalue weighted by atomic mass is 10.1. The number of aromatic nitrogens is 3. The third-order valence-corrected chi connectivity index (χ3v) is 2.73. The lowest BCUT2D eigenvalue weighted by Crippen LogP contribution is -2.12. The number of halogens is 1. The zero-order valence-electron chi connectivity index (χ0n) is 9.81. The normalized spacial score (nSPS) is 10.2. The topological polar surface area (TPSA) is 88.8 Å². The van der Waals surface area contributed by atoms with Crippen LogP contribution < -0.4 is 16.6 Å². The minimum atomic E-state index is 0.313. The molecule has 2 aromatic heterocycles. The number of hydrazine groups is 1. The first-order valence-electron chi connectivity index (χ1n) is 5.33. The lowest BCUT2D eigenvalue weighted by molar-refractivity contribution is 1.05. The van der Waals surface area contributed by atoms with E-state index in [0.29, 0.717) is 23.3 Å². The van der Waals surface area contributed by atoms with Gasteiger partial charge in [0.15, 0.2) is 5.82 Å². The van der Waals surface area contributed by atoms with Crippen molar-refractivity contribution in [3.63, 3.8) is 0 Å². The Labute approximate surface area is 110 Å². The van der Waals surface area contributed by atoms with E-state index in [2.05, 4.69) is 25.7 Å². The summed E-state index contributed by atoms with van der Waals surface area (Å²) in [6, 6.07) is 1.94. The number of hydrogen-bond donors (Lipinski definition) is 3. The second-order valence-electron chi connectivity index (χ2n) is 3.69. The highest BCUT2D eigenvalue weighted by Gasteiger charge is 2.05. The minimum Gasteiger partial charge on any atom is -0.365 e. The molecule has 0 aliphatic heterocycles. The van der Waals surface area contributed by atoms with E-state index in [1.54, 1.807) is 6.20 Å². The Morgan fingerprint density at radius 3 is 2.94 bits per heavy atom. The van der Waals surface area contributed by atoms with Crippen LogP contribution in [0.4, 0.5) is 11.8 Å². The van der Waals surface area contributed by atoms with Crippen molar-refractivity contribution in [3.8, 4) is 0 Å². The van der Waals surface area contributed by atoms with E-state index in [1.165, 1.54) is 6.20 Å². The van der Waals surface area contributed by atoms with Gasteiger partial charge in [-0.25, -0.2) is 10.8 Å². The van der Waals surface area contributed by atoms with Gasteiger partial charge in [0.2, 0.25) is 5.95 Å². The Hall–Kier alpha value is -1.92. The summed E-state index contributed by atoms with van der Waals surface area (Å²) in [6.07, 6.45) is 5.05. The first-order valence-corrected chi connectivity index (χ1v) is 5.71. The second kappa shape index (κ2) is 5.61. The van der Waals surface area contributed by atoms with Crippen molar-refractivity contribution in [2.24, 2.45) is 5.84 Å². The quantitative estimate of drug-likeness (QED) is 0.576. The maximum absolute atomic E-state index is 5.99. The molecule has 7 heteroatoms. The van der Waals surface area contributed by atoms with Gasteiger partial charge in [-0.15, -0.1) is 0 Å². The van der Waals surface area contributed by atoms with Gasteiger partial charge in [-0.1, -0.05) is 11.6 Å². The molecule has 0 saturated carbocycles. The number of rotatable bonds is 4. The van der Waals surface area contributed by atoms with Crippen molar-refractivity contribution >= 4 is 23.4 Å². The number of pyridine rings is 1. The van der Waals surface area contributed by atoms with Crippen LogP contribution in [0.25, 0.3) is 0 Å². The molecule has 0 bridgehead atoms. The van der Waals surface area contributed by atoms with Gasteiger partial charge in [0.05, 0.1) is 6.20 Å². The van der Waals surface area contributed by atoms with Gasteiger partial charge in [0, 0.05) is 18.9 Å². The summed E-state index contributed by atoms with van der Waals surface area (Å²) >= 11 is 5.99. The van der Waals surface area contributed by atoms with Crippen molar-refractivity contribution in [3.05, 3.63) is 40.8 Å². The van der Waals surface area contributed by atoms with Crippen LogP contribution in [0, 0.1) is 6.92 Å². The SMILES string of the molecule is Cc1cnccc1CNc1nc(NN)ncc1Cl. The smallest absolute Gasteiger partial charge is 0.239 e. The Balaban J connectivity index is 2.13. The van der Waals surface area contributed by atoms with E-state index in [-0.39, 0.29) is 0 Å². The second-order valence-corrected chi connectivity index (χ2v) is 4.10. The summed E-state index contributed by atoms with van der Waals surface area (Å²) in [7, 11) is 0. The van der Waals surface area contributed by atoms with Crippen molar-refractivity contribution in [2.45, 2.75) is 13.5 Å². The number of nitrogens with two attached hydrogens (primary N) is 1. The van der Waals surface area contributed by atoms with Gasteiger partial charge in [-0.2, -0.15) is 4.98 Å². The van der Waals surface area contributed by atoms with Gasteiger partial charge < -0.3 is 5.32 Å². The molecule has 0 fully saturated rings. The fraction of sp³-hybridized carbons (Fsp3) is 0.182. The Morgan fingerprint density at radius 2 is 2.22 bits per heavy atom. The Bertz CT molecular complexity index is 545. The fourth-order valence-corrected chi connectivity index (χ4v) is 1.60. The number of anilines is 2. The molecule has 0 radical (unpaired) electrons. The maximum Gasteiger partial charge on any atom is 0.239 e. The van der Waals surface area contributed by atoms with Crippen LogP contribution in [-0.4, -0.2) is 15.0 Å². The van der Waals surface area contributed by atoms with E-state index < -0.39 is 0 Å². The predicted molar refractivity (Wildman–Crippen MR) is 71.2 cm³/mol. The summed E-state index contributed by atoms with van der Waals surface area (Å²) in [5.74, 6) is 6.10. The summed E-state index contributed by atoms with van der Waals surface area (Å²) in [5, 5.41) is 3.58. The average Bonchev–Trinajstić information content (AvgIpc) is 2.39. The predicted octanol–water partition coefficient (Wildman–Crippen LogP) is 1.73. The van der Waals surface area contributed by atoms with Crippen LogP contribution in [0.15, 0.2) is 24.7 Å². The van der Waals surface area contributed by atoms with Gasteiger partial charge in [0.25, 0.3) is 0 Å². The van der Waals surface area contributed by atoms with Gasteiger partial charge in [-0.05, 0) is 24.1 Å². The fourth-order valence-electron chi connectivity index (χ4n) is 1.44. The zero-order chi connectivity index (χ0) is 13.0. The molecule has 0 saturated heterocycles. The number of nitrogens with zero attached hydrogens (tertiary/aromatic N) is 3. The highest BCUT2D eigenvalue weighted by Crippen LogP contribution is 2.20. The highest BCUT2D eigenvalue weighted by molar-refractivity contribution is 6.32.